The molecular formula is C36H35BrF3N5O4. The van der Waals surface area contributed by atoms with Crippen LogP contribution in [-0.4, -0.2) is 64.5 Å². The van der Waals surface area contributed by atoms with Crippen LogP contribution in [0.3, 0.4) is 0 Å². The lowest BCUT2D eigenvalue weighted by Gasteiger charge is -2.34. The highest BCUT2D eigenvalue weighted by Gasteiger charge is 2.31. The Hall–Kier alpha value is -4.88. The zero-order valence-electron chi connectivity index (χ0n) is 27.1. The van der Waals surface area contributed by atoms with Gasteiger partial charge < -0.3 is 24.3 Å². The van der Waals surface area contributed by atoms with Crippen molar-refractivity contribution in [2.24, 2.45) is 7.05 Å². The van der Waals surface area contributed by atoms with Crippen LogP contribution in [0.15, 0.2) is 85.1 Å². The van der Waals surface area contributed by atoms with Gasteiger partial charge in [0.1, 0.15) is 17.2 Å². The minimum atomic E-state index is -4.49. The second-order valence-corrected chi connectivity index (χ2v) is 11.7. The van der Waals surface area contributed by atoms with Crippen molar-refractivity contribution in [1.82, 2.24) is 19.4 Å². The Morgan fingerprint density at radius 1 is 0.898 bits per heavy atom. The molecule has 0 spiro atoms. The number of pyridine rings is 1. The highest BCUT2D eigenvalue weighted by molar-refractivity contribution is 8.93. The van der Waals surface area contributed by atoms with Crippen LogP contribution in [0.5, 0.6) is 17.4 Å². The van der Waals surface area contributed by atoms with E-state index in [1.54, 1.807) is 25.3 Å². The van der Waals surface area contributed by atoms with Crippen molar-refractivity contribution in [3.05, 3.63) is 113 Å². The maximum atomic E-state index is 13.5. The molecule has 0 aliphatic carbocycles. The Morgan fingerprint density at radius 2 is 1.61 bits per heavy atom. The Labute approximate surface area is 292 Å². The molecule has 5 aromatic rings. The second kappa shape index (κ2) is 14.7. The average molecular weight is 739 g/mol. The third-order valence-electron chi connectivity index (χ3n) is 8.47. The predicted octanol–water partition coefficient (Wildman–Crippen LogP) is 7.49. The number of carbonyl (C=O) groups excluding carboxylic acids is 2. The zero-order valence-corrected chi connectivity index (χ0v) is 28.8. The molecule has 256 valence electrons. The Bertz CT molecular complexity index is 1960. The molecule has 0 bridgehead atoms. The molecule has 2 aromatic heterocycles. The summed E-state index contributed by atoms with van der Waals surface area (Å²) in [5, 5.41) is 3.49. The van der Waals surface area contributed by atoms with Gasteiger partial charge >= 0.3 is 6.18 Å². The summed E-state index contributed by atoms with van der Waals surface area (Å²) in [6, 6.07) is 21.6. The first-order valence-corrected chi connectivity index (χ1v) is 15.4. The summed E-state index contributed by atoms with van der Waals surface area (Å²) in [7, 11) is 3.52. The first-order chi connectivity index (χ1) is 23.0. The first-order valence-electron chi connectivity index (χ1n) is 15.4. The third kappa shape index (κ3) is 8.06. The minimum Gasteiger partial charge on any atom is -0.497 e. The Morgan fingerprint density at radius 3 is 2.24 bits per heavy atom. The number of aromatic nitrogens is 2. The molecule has 1 saturated heterocycles. The molecule has 0 radical (unpaired) electrons. The number of nitrogens with zero attached hydrogens (tertiary/aromatic N) is 4. The van der Waals surface area contributed by atoms with Gasteiger partial charge in [0, 0.05) is 62.3 Å². The average Bonchev–Trinajstić information content (AvgIpc) is 3.40. The van der Waals surface area contributed by atoms with Gasteiger partial charge in [-0.3, -0.25) is 14.5 Å². The van der Waals surface area contributed by atoms with Gasteiger partial charge in [-0.1, -0.05) is 12.1 Å². The van der Waals surface area contributed by atoms with Gasteiger partial charge in [0.15, 0.2) is 0 Å². The van der Waals surface area contributed by atoms with Crippen molar-refractivity contribution in [1.29, 1.82) is 0 Å². The molecule has 3 heterocycles. The van der Waals surface area contributed by atoms with Crippen LogP contribution in [0.25, 0.3) is 10.9 Å². The van der Waals surface area contributed by atoms with E-state index in [9.17, 15) is 22.8 Å². The van der Waals surface area contributed by atoms with Gasteiger partial charge in [-0.05, 0) is 78.7 Å². The van der Waals surface area contributed by atoms with Crippen LogP contribution in [0, 0.1) is 6.92 Å². The molecule has 3 aromatic carbocycles. The monoisotopic (exact) mass is 737 g/mol. The van der Waals surface area contributed by atoms with Crippen LogP contribution in [-0.2, 0) is 19.8 Å². The largest absolute Gasteiger partial charge is 0.497 e. The maximum absolute atomic E-state index is 13.5. The van der Waals surface area contributed by atoms with Crippen molar-refractivity contribution in [3.63, 3.8) is 0 Å². The summed E-state index contributed by atoms with van der Waals surface area (Å²) in [6.45, 7) is 5.10. The van der Waals surface area contributed by atoms with Gasteiger partial charge in [-0.15, -0.1) is 17.0 Å². The predicted molar refractivity (Wildman–Crippen MR) is 186 cm³/mol. The number of fused-ring (bicyclic) bond motifs is 1. The lowest BCUT2D eigenvalue weighted by Crippen LogP contribution is -2.48. The van der Waals surface area contributed by atoms with Crippen LogP contribution in [0.2, 0.25) is 0 Å². The summed E-state index contributed by atoms with van der Waals surface area (Å²) >= 11 is 0. The van der Waals surface area contributed by atoms with Gasteiger partial charge in [-0.25, -0.2) is 4.98 Å². The zero-order chi connectivity index (χ0) is 34.0. The van der Waals surface area contributed by atoms with Crippen LogP contribution < -0.4 is 14.8 Å². The molecule has 1 fully saturated rings. The van der Waals surface area contributed by atoms with Crippen molar-refractivity contribution >= 4 is 45.4 Å². The standard InChI is InChI=1S/C36H34F3N5O4.BrH/c1-23-18-26(36(37,38)39)6-11-30(23)34(45)41-27-7-13-33(40-21-27)48-29-10-12-31-25(19-29)20-32(42(31)2)35(46)44-16-14-43(15-17-44)22-24-4-8-28(47-3)9-5-24;/h4-13,18-21H,14-17,22H2,1-3H3,(H,41,45);1H. The lowest BCUT2D eigenvalue weighted by atomic mass is 10.0. The minimum absolute atomic E-state index is 0. The number of carbonyl (C=O) groups is 2. The molecule has 1 aliphatic rings. The molecule has 1 aliphatic heterocycles. The van der Waals surface area contributed by atoms with E-state index >= 15 is 0 Å². The summed E-state index contributed by atoms with van der Waals surface area (Å²) in [5.74, 6) is 1.05. The number of halogens is 4. The van der Waals surface area contributed by atoms with E-state index in [-0.39, 0.29) is 39.9 Å². The van der Waals surface area contributed by atoms with E-state index < -0.39 is 17.6 Å². The fourth-order valence-corrected chi connectivity index (χ4v) is 5.79. The fourth-order valence-electron chi connectivity index (χ4n) is 5.79. The van der Waals surface area contributed by atoms with E-state index in [4.69, 9.17) is 9.47 Å². The molecular weight excluding hydrogens is 703 g/mol. The van der Waals surface area contributed by atoms with Crippen LogP contribution in [0.1, 0.15) is 37.5 Å². The van der Waals surface area contributed by atoms with Gasteiger partial charge in [0.05, 0.1) is 24.6 Å². The number of anilines is 1. The number of piperazine rings is 1. The van der Waals surface area contributed by atoms with Gasteiger partial charge in [-0.2, -0.15) is 13.2 Å². The van der Waals surface area contributed by atoms with Gasteiger partial charge in [0.25, 0.3) is 11.8 Å². The van der Waals surface area contributed by atoms with Crippen LogP contribution >= 0.6 is 17.0 Å². The summed E-state index contributed by atoms with van der Waals surface area (Å²) in [6.07, 6.45) is -3.08. The molecule has 2 amide bonds. The number of hydrogen-bond acceptors (Lipinski definition) is 6. The van der Waals surface area contributed by atoms with E-state index in [2.05, 4.69) is 27.3 Å². The molecule has 1 N–H and O–H groups in total. The van der Waals surface area contributed by atoms with Crippen molar-refractivity contribution in [3.8, 4) is 17.4 Å². The molecule has 0 unspecified atom stereocenters. The number of amides is 2. The SMILES string of the molecule is Br.COc1ccc(CN2CCN(C(=O)c3cc4cc(Oc5ccc(NC(=O)c6ccc(C(F)(F)F)cc6C)cn5)ccc4n3C)CC2)cc1. The summed E-state index contributed by atoms with van der Waals surface area (Å²) in [5.41, 5.74) is 2.55. The Kier molecular flexibility index (Phi) is 10.6. The normalized spacial score (nSPS) is 13.6. The van der Waals surface area contributed by atoms with Crippen molar-refractivity contribution < 1.29 is 32.2 Å². The van der Waals surface area contributed by atoms with E-state index in [1.807, 2.05) is 46.8 Å². The quantitative estimate of drug-likeness (QED) is 0.178. The summed E-state index contributed by atoms with van der Waals surface area (Å²) in [4.78, 5) is 34.7. The van der Waals surface area contributed by atoms with Crippen LogP contribution in [0.4, 0.5) is 18.9 Å². The number of aryl methyl sites for hydroxylation is 2. The smallest absolute Gasteiger partial charge is 0.416 e. The highest BCUT2D eigenvalue weighted by Crippen LogP contribution is 2.31. The molecule has 0 saturated carbocycles. The highest BCUT2D eigenvalue weighted by atomic mass is 79.9. The number of ether oxygens (including phenoxy) is 2. The Balaban J connectivity index is 0.00000468. The number of nitrogens with one attached hydrogen (secondary N) is 1. The third-order valence-corrected chi connectivity index (χ3v) is 8.47. The molecule has 13 heteroatoms. The molecule has 49 heavy (non-hydrogen) atoms. The molecule has 9 nitrogen and oxygen atoms in total. The second-order valence-electron chi connectivity index (χ2n) is 11.7. The fraction of sp³-hybridized carbons (Fsp3) is 0.250. The molecule has 6 rings (SSSR count). The number of alkyl halides is 3. The van der Waals surface area contributed by atoms with E-state index in [0.717, 1.165) is 54.5 Å². The molecule has 0 atom stereocenters. The van der Waals surface area contributed by atoms with Crippen molar-refractivity contribution in [2.45, 2.75) is 19.6 Å². The summed E-state index contributed by atoms with van der Waals surface area (Å²) < 4.78 is 52.0. The maximum Gasteiger partial charge on any atom is 0.416 e. The number of rotatable bonds is 8. The van der Waals surface area contributed by atoms with E-state index in [1.165, 1.54) is 18.7 Å². The topological polar surface area (TPSA) is 88.9 Å². The van der Waals surface area contributed by atoms with Crippen molar-refractivity contribution in [2.75, 3.05) is 38.6 Å². The first kappa shape index (κ1) is 35.4. The van der Waals surface area contributed by atoms with Gasteiger partial charge in [0.2, 0.25) is 5.88 Å². The van der Waals surface area contributed by atoms with E-state index in [0.29, 0.717) is 30.2 Å². The lowest BCUT2D eigenvalue weighted by molar-refractivity contribution is -0.137. The number of hydrogen-bond donors (Lipinski definition) is 1. The number of benzene rings is 3. The number of methoxy groups -OCH3 is 1.